The summed E-state index contributed by atoms with van der Waals surface area (Å²) in [7, 11) is 0. The molecule has 2 heterocycles. The molecular weight excluding hydrogens is 288 g/mol. The van der Waals surface area contributed by atoms with Gasteiger partial charge in [0, 0.05) is 29.2 Å². The number of fused-ring (bicyclic) bond motifs is 1. The van der Waals surface area contributed by atoms with Crippen LogP contribution in [0.25, 0.3) is 10.9 Å². The Labute approximate surface area is 137 Å². The quantitative estimate of drug-likeness (QED) is 0.915. The summed E-state index contributed by atoms with van der Waals surface area (Å²) in [5, 5.41) is 10.3. The molecule has 1 saturated heterocycles. The zero-order chi connectivity index (χ0) is 16.4. The molecule has 0 unspecified atom stereocenters. The van der Waals surface area contributed by atoms with Crippen LogP contribution in [0.3, 0.4) is 0 Å². The highest BCUT2D eigenvalue weighted by atomic mass is 16.4. The minimum Gasteiger partial charge on any atom is -0.478 e. The van der Waals surface area contributed by atoms with Crippen LogP contribution in [-0.4, -0.2) is 33.6 Å². The fourth-order valence-corrected chi connectivity index (χ4v) is 3.75. The van der Waals surface area contributed by atoms with E-state index in [0.717, 1.165) is 30.5 Å². The topological polar surface area (TPSA) is 45.5 Å². The lowest BCUT2D eigenvalue weighted by atomic mass is 10.1. The second-order valence-electron chi connectivity index (χ2n) is 6.83. The van der Waals surface area contributed by atoms with E-state index in [1.54, 1.807) is 6.07 Å². The van der Waals surface area contributed by atoms with Gasteiger partial charge in [0.2, 0.25) is 0 Å². The van der Waals surface area contributed by atoms with E-state index in [4.69, 9.17) is 0 Å². The van der Waals surface area contributed by atoms with Gasteiger partial charge in [0.1, 0.15) is 0 Å². The predicted octanol–water partition coefficient (Wildman–Crippen LogP) is 4.30. The van der Waals surface area contributed by atoms with Crippen LogP contribution in [0, 0.1) is 0 Å². The van der Waals surface area contributed by atoms with Gasteiger partial charge in [0.25, 0.3) is 0 Å². The molecule has 0 radical (unpaired) electrons. The summed E-state index contributed by atoms with van der Waals surface area (Å²) in [5.74, 6) is -0.849. The van der Waals surface area contributed by atoms with Gasteiger partial charge in [0.15, 0.2) is 0 Å². The molecule has 1 N–H and O–H groups in total. The van der Waals surface area contributed by atoms with Gasteiger partial charge in [-0.3, -0.25) is 4.90 Å². The third kappa shape index (κ3) is 3.27. The van der Waals surface area contributed by atoms with Gasteiger partial charge in [-0.05, 0) is 58.0 Å². The standard InChI is InChI=1S/C19H26N2O2/c1-14(2)21-15(13-20-10-5-3-4-6-11-20)12-17-16(19(22)23)8-7-9-18(17)21/h7-9,12,14H,3-6,10-11,13H2,1-2H3,(H,22,23). The van der Waals surface area contributed by atoms with Crippen LogP contribution in [0.2, 0.25) is 0 Å². The first-order chi connectivity index (χ1) is 11.1. The van der Waals surface area contributed by atoms with Crippen molar-refractivity contribution in [3.63, 3.8) is 0 Å². The fourth-order valence-electron chi connectivity index (χ4n) is 3.75. The fraction of sp³-hybridized carbons (Fsp3) is 0.526. The number of rotatable bonds is 4. The van der Waals surface area contributed by atoms with Gasteiger partial charge in [-0.2, -0.15) is 0 Å². The Bertz CT molecular complexity index is 695. The third-order valence-electron chi connectivity index (χ3n) is 4.79. The molecule has 0 amide bonds. The molecule has 124 valence electrons. The Kier molecular flexibility index (Phi) is 4.71. The van der Waals surface area contributed by atoms with Crippen LogP contribution in [0.1, 0.15) is 61.6 Å². The second-order valence-corrected chi connectivity index (χ2v) is 6.83. The van der Waals surface area contributed by atoms with Crippen molar-refractivity contribution in [1.29, 1.82) is 0 Å². The minimum absolute atomic E-state index is 0.318. The first-order valence-electron chi connectivity index (χ1n) is 8.66. The molecule has 1 fully saturated rings. The van der Waals surface area contributed by atoms with Crippen molar-refractivity contribution in [2.75, 3.05) is 13.1 Å². The number of likely N-dealkylation sites (tertiary alicyclic amines) is 1. The highest BCUT2D eigenvalue weighted by Crippen LogP contribution is 2.28. The second kappa shape index (κ2) is 6.75. The maximum atomic E-state index is 11.5. The number of hydrogen-bond acceptors (Lipinski definition) is 2. The average Bonchev–Trinajstić information content (AvgIpc) is 2.67. The van der Waals surface area contributed by atoms with E-state index in [-0.39, 0.29) is 0 Å². The number of carboxylic acids is 1. The van der Waals surface area contributed by atoms with E-state index in [1.807, 2.05) is 12.1 Å². The molecule has 0 bridgehead atoms. The Hall–Kier alpha value is -1.81. The van der Waals surface area contributed by atoms with Crippen LogP contribution >= 0.6 is 0 Å². The number of carbonyl (C=O) groups is 1. The summed E-state index contributed by atoms with van der Waals surface area (Å²) in [6.45, 7) is 7.53. The van der Waals surface area contributed by atoms with E-state index >= 15 is 0 Å². The minimum atomic E-state index is -0.849. The van der Waals surface area contributed by atoms with Crippen LogP contribution in [-0.2, 0) is 6.54 Å². The Morgan fingerprint density at radius 2 is 1.87 bits per heavy atom. The van der Waals surface area contributed by atoms with Crippen LogP contribution in [0.5, 0.6) is 0 Å². The maximum absolute atomic E-state index is 11.5. The largest absolute Gasteiger partial charge is 0.478 e. The van der Waals surface area contributed by atoms with Crippen molar-refractivity contribution in [1.82, 2.24) is 9.47 Å². The van der Waals surface area contributed by atoms with Crippen LogP contribution < -0.4 is 0 Å². The van der Waals surface area contributed by atoms with Gasteiger partial charge in [-0.25, -0.2) is 4.79 Å². The molecule has 23 heavy (non-hydrogen) atoms. The third-order valence-corrected chi connectivity index (χ3v) is 4.79. The predicted molar refractivity (Wildman–Crippen MR) is 93.0 cm³/mol. The van der Waals surface area contributed by atoms with E-state index in [0.29, 0.717) is 11.6 Å². The van der Waals surface area contributed by atoms with Gasteiger partial charge < -0.3 is 9.67 Å². The highest BCUT2D eigenvalue weighted by molar-refractivity contribution is 6.03. The van der Waals surface area contributed by atoms with Crippen molar-refractivity contribution in [2.45, 2.75) is 52.1 Å². The number of hydrogen-bond donors (Lipinski definition) is 1. The molecule has 2 aromatic rings. The number of benzene rings is 1. The number of aromatic carboxylic acids is 1. The van der Waals surface area contributed by atoms with E-state index in [1.165, 1.54) is 31.4 Å². The lowest BCUT2D eigenvalue weighted by molar-refractivity contribution is 0.0699. The molecule has 1 aromatic heterocycles. The summed E-state index contributed by atoms with van der Waals surface area (Å²) >= 11 is 0. The summed E-state index contributed by atoms with van der Waals surface area (Å²) in [5.41, 5.74) is 2.66. The lowest BCUT2D eigenvalue weighted by Gasteiger charge is -2.22. The molecule has 0 atom stereocenters. The molecule has 3 rings (SSSR count). The normalized spacial score (nSPS) is 16.8. The van der Waals surface area contributed by atoms with Crippen molar-refractivity contribution in [2.24, 2.45) is 0 Å². The summed E-state index contributed by atoms with van der Waals surface area (Å²) < 4.78 is 2.30. The molecule has 0 aliphatic carbocycles. The maximum Gasteiger partial charge on any atom is 0.336 e. The monoisotopic (exact) mass is 314 g/mol. The Balaban J connectivity index is 2.03. The molecular formula is C19H26N2O2. The molecule has 4 nitrogen and oxygen atoms in total. The molecule has 1 aromatic carbocycles. The first-order valence-corrected chi connectivity index (χ1v) is 8.66. The van der Waals surface area contributed by atoms with Crippen LogP contribution in [0.4, 0.5) is 0 Å². The Morgan fingerprint density at radius 3 is 2.48 bits per heavy atom. The average molecular weight is 314 g/mol. The van der Waals surface area contributed by atoms with Crippen LogP contribution in [0.15, 0.2) is 24.3 Å². The van der Waals surface area contributed by atoms with Crippen molar-refractivity contribution in [3.05, 3.63) is 35.5 Å². The zero-order valence-electron chi connectivity index (χ0n) is 14.1. The molecule has 4 heteroatoms. The lowest BCUT2D eigenvalue weighted by Crippen LogP contribution is -2.25. The number of aromatic nitrogens is 1. The van der Waals surface area contributed by atoms with E-state index in [9.17, 15) is 9.90 Å². The molecule has 0 spiro atoms. The SMILES string of the molecule is CC(C)n1c(CN2CCCCCC2)cc2c(C(=O)O)cccc21. The molecule has 0 saturated carbocycles. The van der Waals surface area contributed by atoms with E-state index in [2.05, 4.69) is 29.4 Å². The Morgan fingerprint density at radius 1 is 1.17 bits per heavy atom. The smallest absolute Gasteiger partial charge is 0.336 e. The number of nitrogens with zero attached hydrogens (tertiary/aromatic N) is 2. The van der Waals surface area contributed by atoms with Crippen molar-refractivity contribution < 1.29 is 9.90 Å². The van der Waals surface area contributed by atoms with Gasteiger partial charge in [0.05, 0.1) is 5.56 Å². The molecule has 1 aliphatic heterocycles. The summed E-state index contributed by atoms with van der Waals surface area (Å²) in [6.07, 6.45) is 5.18. The van der Waals surface area contributed by atoms with Gasteiger partial charge in [-0.1, -0.05) is 18.9 Å². The molecule has 1 aliphatic rings. The van der Waals surface area contributed by atoms with Gasteiger partial charge >= 0.3 is 5.97 Å². The van der Waals surface area contributed by atoms with E-state index < -0.39 is 5.97 Å². The first kappa shape index (κ1) is 16.1. The summed E-state index contributed by atoms with van der Waals surface area (Å²) in [6, 6.07) is 7.99. The zero-order valence-corrected chi connectivity index (χ0v) is 14.1. The van der Waals surface area contributed by atoms with Gasteiger partial charge in [-0.15, -0.1) is 0 Å². The van der Waals surface area contributed by atoms with Crippen molar-refractivity contribution >= 4 is 16.9 Å². The highest BCUT2D eigenvalue weighted by Gasteiger charge is 2.19. The summed E-state index contributed by atoms with van der Waals surface area (Å²) in [4.78, 5) is 14.0. The number of carboxylic acid groups (broad SMARTS) is 1. The van der Waals surface area contributed by atoms with Crippen molar-refractivity contribution in [3.8, 4) is 0 Å².